The molecule has 0 bridgehead atoms. The maximum Gasteiger partial charge on any atom is 0.182 e. The second-order valence-electron chi connectivity index (χ2n) is 3.87. The first-order valence-corrected chi connectivity index (χ1v) is 6.74. The van der Waals surface area contributed by atoms with Crippen molar-refractivity contribution in [2.75, 3.05) is 5.32 Å². The summed E-state index contributed by atoms with van der Waals surface area (Å²) < 4.78 is 0. The average Bonchev–Trinajstić information content (AvgIpc) is 2.92. The van der Waals surface area contributed by atoms with Gasteiger partial charge in [-0.1, -0.05) is 19.4 Å². The van der Waals surface area contributed by atoms with E-state index in [1.165, 1.54) is 11.1 Å². The molecule has 0 spiro atoms. The molecule has 0 saturated carbocycles. The number of anilines is 1. The number of nitriles is 1. The third kappa shape index (κ3) is 2.84. The molecule has 0 fully saturated rings. The Morgan fingerprint density at radius 1 is 1.44 bits per heavy atom. The maximum atomic E-state index is 9.00. The van der Waals surface area contributed by atoms with Crippen LogP contribution in [0.4, 0.5) is 5.82 Å². The van der Waals surface area contributed by atoms with Crippen LogP contribution < -0.4 is 5.32 Å². The minimum Gasteiger partial charge on any atom is -0.360 e. The number of nitrogens with one attached hydrogen (secondary N) is 1. The highest BCUT2D eigenvalue weighted by molar-refractivity contribution is 7.10. The molecule has 0 aliphatic carbocycles. The first-order chi connectivity index (χ1) is 8.85. The molecule has 1 atom stereocenters. The number of nitrogens with zero attached hydrogens (tertiary/aromatic N) is 3. The summed E-state index contributed by atoms with van der Waals surface area (Å²) in [5.74, 6) is 0.562. The minimum absolute atomic E-state index is 0.193. The van der Waals surface area contributed by atoms with Gasteiger partial charge in [0, 0.05) is 17.3 Å². The molecule has 92 valence electrons. The summed E-state index contributed by atoms with van der Waals surface area (Å²) in [6.45, 7) is 2.14. The topological polar surface area (TPSA) is 61.6 Å². The van der Waals surface area contributed by atoms with Crippen LogP contribution in [0, 0.1) is 11.3 Å². The fourth-order valence-corrected chi connectivity index (χ4v) is 2.57. The van der Waals surface area contributed by atoms with E-state index in [2.05, 4.69) is 39.7 Å². The molecule has 1 unspecified atom stereocenters. The van der Waals surface area contributed by atoms with Crippen LogP contribution in [0.3, 0.4) is 0 Å². The van der Waals surface area contributed by atoms with Gasteiger partial charge in [-0.3, -0.25) is 0 Å². The molecule has 0 saturated heterocycles. The van der Waals surface area contributed by atoms with E-state index >= 15 is 0 Å². The molecule has 2 heterocycles. The summed E-state index contributed by atoms with van der Waals surface area (Å²) >= 11 is 1.71. The quantitative estimate of drug-likeness (QED) is 0.893. The Morgan fingerprint density at radius 3 is 2.94 bits per heavy atom. The van der Waals surface area contributed by atoms with Gasteiger partial charge in [-0.2, -0.15) is 5.26 Å². The minimum atomic E-state index is 0.193. The van der Waals surface area contributed by atoms with Gasteiger partial charge in [0.15, 0.2) is 11.5 Å². The Balaban J connectivity index is 2.22. The summed E-state index contributed by atoms with van der Waals surface area (Å²) in [6.07, 6.45) is 5.20. The highest BCUT2D eigenvalue weighted by Crippen LogP contribution is 2.27. The molecule has 0 aromatic carbocycles. The molecule has 4 nitrogen and oxygen atoms in total. The number of hydrogen-bond acceptors (Lipinski definition) is 5. The first-order valence-electron chi connectivity index (χ1n) is 5.86. The normalized spacial score (nSPS) is 11.8. The molecule has 0 aliphatic heterocycles. The lowest BCUT2D eigenvalue weighted by atomic mass is 10.1. The van der Waals surface area contributed by atoms with Gasteiger partial charge >= 0.3 is 0 Å². The van der Waals surface area contributed by atoms with Gasteiger partial charge in [0.25, 0.3) is 0 Å². The Labute approximate surface area is 110 Å². The maximum absolute atomic E-state index is 9.00. The second-order valence-corrected chi connectivity index (χ2v) is 4.85. The zero-order valence-corrected chi connectivity index (χ0v) is 10.9. The van der Waals surface area contributed by atoms with E-state index in [4.69, 9.17) is 5.26 Å². The molecule has 0 aliphatic rings. The summed E-state index contributed by atoms with van der Waals surface area (Å²) in [5, 5.41) is 14.4. The molecule has 5 heteroatoms. The largest absolute Gasteiger partial charge is 0.360 e. The lowest BCUT2D eigenvalue weighted by Crippen LogP contribution is -2.12. The monoisotopic (exact) mass is 258 g/mol. The van der Waals surface area contributed by atoms with Crippen molar-refractivity contribution in [2.24, 2.45) is 0 Å². The van der Waals surface area contributed by atoms with Gasteiger partial charge in [-0.15, -0.1) is 11.3 Å². The zero-order valence-electron chi connectivity index (χ0n) is 10.1. The van der Waals surface area contributed by atoms with Crippen LogP contribution in [0.1, 0.15) is 36.4 Å². The third-order valence-electron chi connectivity index (χ3n) is 2.58. The second kappa shape index (κ2) is 6.12. The summed E-state index contributed by atoms with van der Waals surface area (Å²) in [7, 11) is 0. The summed E-state index contributed by atoms with van der Waals surface area (Å²) in [4.78, 5) is 9.45. The predicted molar refractivity (Wildman–Crippen MR) is 72.3 cm³/mol. The van der Waals surface area contributed by atoms with E-state index in [9.17, 15) is 0 Å². The van der Waals surface area contributed by atoms with Crippen LogP contribution in [-0.4, -0.2) is 9.97 Å². The van der Waals surface area contributed by atoms with Gasteiger partial charge in [0.1, 0.15) is 6.07 Å². The van der Waals surface area contributed by atoms with Crippen molar-refractivity contribution in [3.63, 3.8) is 0 Å². The van der Waals surface area contributed by atoms with Crippen molar-refractivity contribution in [1.29, 1.82) is 5.26 Å². The molecule has 2 aromatic heterocycles. The average molecular weight is 258 g/mol. The zero-order chi connectivity index (χ0) is 12.8. The van der Waals surface area contributed by atoms with Crippen LogP contribution in [0.15, 0.2) is 29.9 Å². The number of thiophene rings is 1. The Morgan fingerprint density at radius 2 is 2.28 bits per heavy atom. The first kappa shape index (κ1) is 12.5. The van der Waals surface area contributed by atoms with E-state index < -0.39 is 0 Å². The summed E-state index contributed by atoms with van der Waals surface area (Å²) in [5.41, 5.74) is 0.343. The Kier molecular flexibility index (Phi) is 4.26. The molecule has 0 radical (unpaired) electrons. The van der Waals surface area contributed by atoms with E-state index in [-0.39, 0.29) is 6.04 Å². The van der Waals surface area contributed by atoms with E-state index in [1.54, 1.807) is 17.5 Å². The highest BCUT2D eigenvalue weighted by Gasteiger charge is 2.14. The highest BCUT2D eigenvalue weighted by atomic mass is 32.1. The van der Waals surface area contributed by atoms with Crippen molar-refractivity contribution < 1.29 is 0 Å². The van der Waals surface area contributed by atoms with Gasteiger partial charge < -0.3 is 5.32 Å². The molecule has 2 rings (SSSR count). The molecule has 2 aromatic rings. The number of hydrogen-bond donors (Lipinski definition) is 1. The van der Waals surface area contributed by atoms with Crippen LogP contribution in [-0.2, 0) is 0 Å². The van der Waals surface area contributed by atoms with Crippen LogP contribution in [0.5, 0.6) is 0 Å². The molecule has 0 amide bonds. The fourth-order valence-electron chi connectivity index (χ4n) is 1.75. The van der Waals surface area contributed by atoms with Crippen molar-refractivity contribution in [1.82, 2.24) is 9.97 Å². The molecule has 1 N–H and O–H groups in total. The van der Waals surface area contributed by atoms with Crippen LogP contribution in [0.2, 0.25) is 0 Å². The van der Waals surface area contributed by atoms with Gasteiger partial charge in [0.2, 0.25) is 0 Å². The molecular formula is C13H14N4S. The van der Waals surface area contributed by atoms with E-state index in [0.717, 1.165) is 12.8 Å². The number of rotatable bonds is 5. The number of aromatic nitrogens is 2. The Bertz CT molecular complexity index is 530. The van der Waals surface area contributed by atoms with E-state index in [0.29, 0.717) is 11.5 Å². The van der Waals surface area contributed by atoms with Crippen molar-refractivity contribution in [2.45, 2.75) is 25.8 Å². The van der Waals surface area contributed by atoms with Crippen molar-refractivity contribution in [3.8, 4) is 6.07 Å². The molecular weight excluding hydrogens is 244 g/mol. The lowest BCUT2D eigenvalue weighted by molar-refractivity contribution is 0.683. The standard InChI is InChI=1S/C13H14N4S/c1-2-4-10(12-5-3-8-18-12)17-13-11(9-14)15-6-7-16-13/h3,5-8,10H,2,4H2,1H3,(H,16,17). The van der Waals surface area contributed by atoms with Crippen molar-refractivity contribution >= 4 is 17.2 Å². The van der Waals surface area contributed by atoms with Gasteiger partial charge in [-0.25, -0.2) is 9.97 Å². The van der Waals surface area contributed by atoms with Crippen LogP contribution >= 0.6 is 11.3 Å². The van der Waals surface area contributed by atoms with Gasteiger partial charge in [-0.05, 0) is 17.9 Å². The third-order valence-corrected chi connectivity index (χ3v) is 3.57. The Hall–Kier alpha value is -1.93. The smallest absolute Gasteiger partial charge is 0.182 e. The van der Waals surface area contributed by atoms with E-state index in [1.807, 2.05) is 6.07 Å². The predicted octanol–water partition coefficient (Wildman–Crippen LogP) is 3.36. The fraction of sp³-hybridized carbons (Fsp3) is 0.308. The lowest BCUT2D eigenvalue weighted by Gasteiger charge is -2.17. The summed E-state index contributed by atoms with van der Waals surface area (Å²) in [6, 6.07) is 6.38. The molecule has 18 heavy (non-hydrogen) atoms. The van der Waals surface area contributed by atoms with Crippen LogP contribution in [0.25, 0.3) is 0 Å². The SMILES string of the molecule is CCCC(Nc1nccnc1C#N)c1cccs1. The van der Waals surface area contributed by atoms with Gasteiger partial charge in [0.05, 0.1) is 6.04 Å². The van der Waals surface area contributed by atoms with Crippen molar-refractivity contribution in [3.05, 3.63) is 40.5 Å².